The van der Waals surface area contributed by atoms with E-state index in [1.165, 1.54) is 6.20 Å². The Morgan fingerprint density at radius 3 is 2.57 bits per heavy atom. The van der Waals surface area contributed by atoms with Gasteiger partial charge in [0.15, 0.2) is 11.8 Å². The molecule has 0 atom stereocenters. The summed E-state index contributed by atoms with van der Waals surface area (Å²) < 4.78 is 11.7. The maximum Gasteiger partial charge on any atom is 0.410 e. The van der Waals surface area contributed by atoms with E-state index in [2.05, 4.69) is 10.3 Å². The lowest BCUT2D eigenvalue weighted by Gasteiger charge is -2.33. The third kappa shape index (κ3) is 4.57. The van der Waals surface area contributed by atoms with Crippen LogP contribution in [0, 0.1) is 0 Å². The summed E-state index contributed by atoms with van der Waals surface area (Å²) in [6.07, 6.45) is 2.35. The number of likely N-dealkylation sites (tertiary alicyclic amines) is 1. The molecule has 1 saturated heterocycles. The summed E-state index contributed by atoms with van der Waals surface area (Å²) in [5.41, 5.74) is -0.250. The van der Waals surface area contributed by atoms with Crippen LogP contribution in [0.25, 0.3) is 0 Å². The highest BCUT2D eigenvalue weighted by molar-refractivity contribution is 6.17. The quantitative estimate of drug-likeness (QED) is 0.617. The van der Waals surface area contributed by atoms with Crippen molar-refractivity contribution in [1.82, 2.24) is 19.9 Å². The predicted octanol–water partition coefficient (Wildman–Crippen LogP) is 2.20. The number of nitrogens with zero attached hydrogens (tertiary/aromatic N) is 4. The normalized spacial score (nSPS) is 16.3. The minimum Gasteiger partial charge on any atom is -0.445 e. The summed E-state index contributed by atoms with van der Waals surface area (Å²) in [6.45, 7) is 6.57. The molecule has 2 rings (SSSR count). The molecule has 9 heteroatoms. The van der Waals surface area contributed by atoms with Crippen LogP contribution in [0.1, 0.15) is 50.1 Å². The van der Waals surface area contributed by atoms with Gasteiger partial charge < -0.3 is 14.4 Å². The smallest absolute Gasteiger partial charge is 0.410 e. The van der Waals surface area contributed by atoms with Crippen molar-refractivity contribution in [3.63, 3.8) is 0 Å². The lowest BCUT2D eigenvalue weighted by Crippen LogP contribution is -2.42. The topological polar surface area (TPSA) is 86.5 Å². The van der Waals surface area contributed by atoms with Crippen molar-refractivity contribution >= 4 is 23.7 Å². The number of rotatable bonds is 3. The molecule has 0 saturated carbocycles. The van der Waals surface area contributed by atoms with Crippen LogP contribution in [0.5, 0.6) is 0 Å². The largest absolute Gasteiger partial charge is 0.445 e. The van der Waals surface area contributed by atoms with Crippen LogP contribution in [0.2, 0.25) is 0 Å². The van der Waals surface area contributed by atoms with Gasteiger partial charge in [0.05, 0.1) is 12.2 Å². The van der Waals surface area contributed by atoms with Gasteiger partial charge >= 0.3 is 12.1 Å². The Balaban J connectivity index is 1.96. The SMILES string of the molecule is CC(C)(C)OC(=O)N1CCC(n2nncc2C(=O)OCCl)CC1. The number of halogens is 1. The number of esters is 1. The molecule has 0 aliphatic carbocycles. The lowest BCUT2D eigenvalue weighted by molar-refractivity contribution is 0.0180. The van der Waals surface area contributed by atoms with Crippen molar-refractivity contribution in [2.45, 2.75) is 45.3 Å². The number of amides is 1. The van der Waals surface area contributed by atoms with E-state index in [4.69, 9.17) is 21.1 Å². The highest BCUT2D eigenvalue weighted by atomic mass is 35.5. The molecule has 2 heterocycles. The molecule has 1 amide bonds. The van der Waals surface area contributed by atoms with Gasteiger partial charge in [-0.15, -0.1) is 5.10 Å². The second kappa shape index (κ2) is 7.16. The van der Waals surface area contributed by atoms with E-state index in [0.29, 0.717) is 25.9 Å². The van der Waals surface area contributed by atoms with Crippen molar-refractivity contribution in [2.24, 2.45) is 0 Å². The van der Waals surface area contributed by atoms with Crippen LogP contribution in [-0.4, -0.2) is 56.7 Å². The second-order valence-electron chi connectivity index (χ2n) is 6.30. The monoisotopic (exact) mass is 344 g/mol. The van der Waals surface area contributed by atoms with Crippen molar-refractivity contribution < 1.29 is 19.1 Å². The first-order valence-electron chi connectivity index (χ1n) is 7.43. The Bertz CT molecular complexity index is 561. The number of aromatic nitrogens is 3. The molecule has 1 fully saturated rings. The van der Waals surface area contributed by atoms with E-state index in [9.17, 15) is 9.59 Å². The summed E-state index contributed by atoms with van der Waals surface area (Å²) in [4.78, 5) is 25.5. The molecular weight excluding hydrogens is 324 g/mol. The molecule has 23 heavy (non-hydrogen) atoms. The van der Waals surface area contributed by atoms with Gasteiger partial charge in [0.2, 0.25) is 0 Å². The Morgan fingerprint density at radius 1 is 1.35 bits per heavy atom. The second-order valence-corrected chi connectivity index (χ2v) is 6.52. The number of hydrogen-bond donors (Lipinski definition) is 0. The lowest BCUT2D eigenvalue weighted by atomic mass is 10.1. The van der Waals surface area contributed by atoms with E-state index in [0.717, 1.165) is 0 Å². The van der Waals surface area contributed by atoms with Crippen LogP contribution >= 0.6 is 11.6 Å². The maximum absolute atomic E-state index is 12.0. The molecule has 0 bridgehead atoms. The molecule has 0 radical (unpaired) electrons. The van der Waals surface area contributed by atoms with Gasteiger partial charge in [0, 0.05) is 13.1 Å². The molecule has 0 N–H and O–H groups in total. The van der Waals surface area contributed by atoms with Crippen LogP contribution in [0.15, 0.2) is 6.20 Å². The Kier molecular flexibility index (Phi) is 5.46. The van der Waals surface area contributed by atoms with E-state index in [-0.39, 0.29) is 23.9 Å². The van der Waals surface area contributed by atoms with Crippen molar-refractivity contribution in [2.75, 3.05) is 19.2 Å². The van der Waals surface area contributed by atoms with Crippen LogP contribution < -0.4 is 0 Å². The van der Waals surface area contributed by atoms with Crippen LogP contribution in [-0.2, 0) is 9.47 Å². The summed E-state index contributed by atoms with van der Waals surface area (Å²) >= 11 is 5.41. The predicted molar refractivity (Wildman–Crippen MR) is 82.2 cm³/mol. The number of hydrogen-bond acceptors (Lipinski definition) is 6. The number of alkyl halides is 1. The van der Waals surface area contributed by atoms with Gasteiger partial charge in [-0.3, -0.25) is 0 Å². The molecule has 1 aliphatic rings. The fourth-order valence-corrected chi connectivity index (χ4v) is 2.50. The van der Waals surface area contributed by atoms with Crippen molar-refractivity contribution in [3.8, 4) is 0 Å². The van der Waals surface area contributed by atoms with E-state index >= 15 is 0 Å². The third-order valence-corrected chi connectivity index (χ3v) is 3.54. The Hall–Kier alpha value is -1.83. The Labute approximate surface area is 139 Å². The first-order valence-corrected chi connectivity index (χ1v) is 7.96. The van der Waals surface area contributed by atoms with Gasteiger partial charge in [0.25, 0.3) is 0 Å². The zero-order valence-corrected chi connectivity index (χ0v) is 14.2. The first-order chi connectivity index (χ1) is 10.8. The number of ether oxygens (including phenoxy) is 2. The van der Waals surface area contributed by atoms with Crippen molar-refractivity contribution in [3.05, 3.63) is 11.9 Å². The third-order valence-electron chi connectivity index (χ3n) is 3.43. The minimum atomic E-state index is -0.556. The van der Waals surface area contributed by atoms with Gasteiger partial charge in [-0.1, -0.05) is 16.8 Å². The molecule has 0 unspecified atom stereocenters. The molecular formula is C14H21ClN4O4. The standard InChI is InChI=1S/C14H21ClN4O4/c1-14(2,3)23-13(21)18-6-4-10(5-7-18)19-11(8-16-17-19)12(20)22-9-15/h8,10H,4-7,9H2,1-3H3. The minimum absolute atomic E-state index is 0.0194. The number of carbonyl (C=O) groups excluding carboxylic acids is 2. The van der Waals surface area contributed by atoms with Gasteiger partial charge in [-0.05, 0) is 33.6 Å². The van der Waals surface area contributed by atoms with Crippen LogP contribution in [0.4, 0.5) is 4.79 Å². The molecule has 8 nitrogen and oxygen atoms in total. The van der Waals surface area contributed by atoms with Gasteiger partial charge in [-0.25, -0.2) is 14.3 Å². The highest BCUT2D eigenvalue weighted by Crippen LogP contribution is 2.24. The van der Waals surface area contributed by atoms with E-state index in [1.807, 2.05) is 20.8 Å². The fourth-order valence-electron chi connectivity index (χ4n) is 2.40. The molecule has 0 aromatic carbocycles. The van der Waals surface area contributed by atoms with Gasteiger partial charge in [-0.2, -0.15) is 0 Å². The Morgan fingerprint density at radius 2 is 2.00 bits per heavy atom. The molecule has 1 aromatic rings. The maximum atomic E-state index is 12.0. The summed E-state index contributed by atoms with van der Waals surface area (Å²) in [5, 5.41) is 7.73. The van der Waals surface area contributed by atoms with E-state index < -0.39 is 11.6 Å². The van der Waals surface area contributed by atoms with Crippen LogP contribution in [0.3, 0.4) is 0 Å². The summed E-state index contributed by atoms with van der Waals surface area (Å²) in [7, 11) is 0. The highest BCUT2D eigenvalue weighted by Gasteiger charge is 2.30. The van der Waals surface area contributed by atoms with E-state index in [1.54, 1.807) is 9.58 Å². The van der Waals surface area contributed by atoms with Gasteiger partial charge in [0.1, 0.15) is 5.60 Å². The summed E-state index contributed by atoms with van der Waals surface area (Å²) in [5.74, 6) is -0.556. The summed E-state index contributed by atoms with van der Waals surface area (Å²) in [6, 6.07) is -0.241. The fraction of sp³-hybridized carbons (Fsp3) is 0.714. The average molecular weight is 345 g/mol. The zero-order chi connectivity index (χ0) is 17.0. The molecule has 1 aromatic heterocycles. The average Bonchev–Trinajstić information content (AvgIpc) is 2.95. The van der Waals surface area contributed by atoms with Crippen molar-refractivity contribution in [1.29, 1.82) is 0 Å². The number of piperidine rings is 1. The first kappa shape index (κ1) is 17.5. The zero-order valence-electron chi connectivity index (χ0n) is 13.5. The number of carbonyl (C=O) groups is 2. The molecule has 1 aliphatic heterocycles. The molecule has 128 valence electrons. The molecule has 0 spiro atoms.